The van der Waals surface area contributed by atoms with Crippen LogP contribution in [0.3, 0.4) is 0 Å². The number of carbonyl (C=O) groups is 1. The maximum Gasteiger partial charge on any atom is 0.274 e. The Morgan fingerprint density at radius 2 is 1.84 bits per heavy atom. The molecular weight excluding hydrogens is 471 g/mol. The zero-order valence-electron chi connectivity index (χ0n) is 17.2. The second kappa shape index (κ2) is 9.32. The van der Waals surface area contributed by atoms with Crippen LogP contribution in [0.4, 0.5) is 5.69 Å². The van der Waals surface area contributed by atoms with Gasteiger partial charge in [0.25, 0.3) is 5.56 Å². The summed E-state index contributed by atoms with van der Waals surface area (Å²) >= 11 is 13.2. The van der Waals surface area contributed by atoms with Crippen molar-refractivity contribution in [3.05, 3.63) is 74.4 Å². The molecule has 1 N–H and O–H groups in total. The van der Waals surface area contributed by atoms with E-state index in [4.69, 9.17) is 23.2 Å². The average molecular weight is 489 g/mol. The quantitative estimate of drug-likeness (QED) is 0.415. The van der Waals surface area contributed by atoms with Crippen LogP contribution in [0.15, 0.2) is 52.4 Å². The monoisotopic (exact) mass is 488 g/mol. The second-order valence-electron chi connectivity index (χ2n) is 7.02. The molecule has 0 fully saturated rings. The Balaban J connectivity index is 1.47. The van der Waals surface area contributed by atoms with Gasteiger partial charge in [-0.3, -0.25) is 9.59 Å². The molecule has 0 aliphatic rings. The van der Waals surface area contributed by atoms with E-state index >= 15 is 0 Å². The summed E-state index contributed by atoms with van der Waals surface area (Å²) in [5.74, 6) is 0.575. The molecule has 0 unspecified atom stereocenters. The van der Waals surface area contributed by atoms with Gasteiger partial charge in [-0.05, 0) is 24.3 Å². The molecule has 4 rings (SSSR count). The number of halogens is 2. The van der Waals surface area contributed by atoms with Crippen LogP contribution in [-0.2, 0) is 25.3 Å². The van der Waals surface area contributed by atoms with E-state index in [9.17, 15) is 9.59 Å². The summed E-state index contributed by atoms with van der Waals surface area (Å²) in [6.45, 7) is 0. The summed E-state index contributed by atoms with van der Waals surface area (Å²) in [4.78, 5) is 24.7. The molecule has 0 atom stereocenters. The molecule has 11 heteroatoms. The molecule has 0 aliphatic heterocycles. The highest BCUT2D eigenvalue weighted by Crippen LogP contribution is 2.26. The molecule has 0 aliphatic carbocycles. The summed E-state index contributed by atoms with van der Waals surface area (Å²) in [6, 6.07) is 12.2. The third-order valence-corrected chi connectivity index (χ3v) is 6.39. The zero-order valence-corrected chi connectivity index (χ0v) is 19.5. The van der Waals surface area contributed by atoms with E-state index in [1.54, 1.807) is 31.3 Å². The number of rotatable bonds is 6. The number of fused-ring (bicyclic) bond motifs is 1. The average Bonchev–Trinajstić information content (AvgIpc) is 3.11. The first-order valence-electron chi connectivity index (χ1n) is 9.54. The van der Waals surface area contributed by atoms with Crippen LogP contribution in [0.25, 0.3) is 10.8 Å². The minimum Gasteiger partial charge on any atom is -0.324 e. The van der Waals surface area contributed by atoms with Crippen LogP contribution in [-0.4, -0.2) is 36.2 Å². The lowest BCUT2D eigenvalue weighted by molar-refractivity contribution is -0.113. The highest BCUT2D eigenvalue weighted by atomic mass is 35.5. The molecule has 1 amide bonds. The van der Waals surface area contributed by atoms with Gasteiger partial charge in [0.15, 0.2) is 5.16 Å². The minimum absolute atomic E-state index is 0.131. The van der Waals surface area contributed by atoms with Crippen molar-refractivity contribution in [1.82, 2.24) is 24.5 Å². The Morgan fingerprint density at radius 1 is 1.09 bits per heavy atom. The fourth-order valence-electron chi connectivity index (χ4n) is 3.19. The van der Waals surface area contributed by atoms with Gasteiger partial charge in [-0.2, -0.15) is 5.10 Å². The number of thioether (sulfide) groups is 1. The van der Waals surface area contributed by atoms with Gasteiger partial charge in [0.2, 0.25) is 5.91 Å². The van der Waals surface area contributed by atoms with Crippen LogP contribution in [0.2, 0.25) is 10.0 Å². The van der Waals surface area contributed by atoms with Crippen molar-refractivity contribution in [2.24, 2.45) is 14.1 Å². The van der Waals surface area contributed by atoms with Crippen molar-refractivity contribution in [2.45, 2.75) is 11.6 Å². The lowest BCUT2D eigenvalue weighted by Crippen LogP contribution is -2.21. The largest absolute Gasteiger partial charge is 0.324 e. The van der Waals surface area contributed by atoms with Crippen LogP contribution in [0, 0.1) is 0 Å². The zero-order chi connectivity index (χ0) is 22.8. The lowest BCUT2D eigenvalue weighted by Gasteiger charge is -2.09. The fraction of sp³-hybridized carbons (Fsp3) is 0.190. The number of hydrogen-bond donors (Lipinski definition) is 1. The Labute approximate surface area is 197 Å². The summed E-state index contributed by atoms with van der Waals surface area (Å²) in [7, 11) is 3.46. The maximum atomic E-state index is 12.3. The standard InChI is InChI=1S/C21H18Cl2N6O2S/c1-28-18(10-17-13-5-3-4-6-14(13)20(31)29(2)27-17)25-26-21(28)32-11-19(30)24-16-8-7-12(22)9-15(16)23/h3-9H,10-11H2,1-2H3,(H,24,30). The van der Waals surface area contributed by atoms with E-state index in [2.05, 4.69) is 20.6 Å². The first-order valence-corrected chi connectivity index (χ1v) is 11.3. The number of anilines is 1. The van der Waals surface area contributed by atoms with Crippen molar-refractivity contribution in [2.75, 3.05) is 11.1 Å². The highest BCUT2D eigenvalue weighted by molar-refractivity contribution is 7.99. The number of aryl methyl sites for hydroxylation is 1. The van der Waals surface area contributed by atoms with Crippen molar-refractivity contribution >= 4 is 57.3 Å². The number of carbonyl (C=O) groups excluding carboxylic acids is 1. The minimum atomic E-state index is -0.227. The highest BCUT2D eigenvalue weighted by Gasteiger charge is 2.16. The lowest BCUT2D eigenvalue weighted by atomic mass is 10.1. The summed E-state index contributed by atoms with van der Waals surface area (Å²) < 4.78 is 3.14. The second-order valence-corrected chi connectivity index (χ2v) is 8.80. The smallest absolute Gasteiger partial charge is 0.274 e. The van der Waals surface area contributed by atoms with Gasteiger partial charge in [-0.1, -0.05) is 53.2 Å². The van der Waals surface area contributed by atoms with E-state index in [1.807, 2.05) is 29.8 Å². The topological polar surface area (TPSA) is 94.7 Å². The predicted octanol–water partition coefficient (Wildman–Crippen LogP) is 3.69. The van der Waals surface area contributed by atoms with Gasteiger partial charge in [-0.25, -0.2) is 4.68 Å². The third-order valence-electron chi connectivity index (χ3n) is 4.82. The van der Waals surface area contributed by atoms with Crippen LogP contribution < -0.4 is 10.9 Å². The van der Waals surface area contributed by atoms with Gasteiger partial charge >= 0.3 is 0 Å². The first-order chi connectivity index (χ1) is 15.3. The molecule has 2 aromatic carbocycles. The van der Waals surface area contributed by atoms with Crippen molar-refractivity contribution < 1.29 is 4.79 Å². The van der Waals surface area contributed by atoms with Crippen LogP contribution >= 0.6 is 35.0 Å². The summed E-state index contributed by atoms with van der Waals surface area (Å²) in [6.07, 6.45) is 0.394. The Kier molecular flexibility index (Phi) is 6.50. The molecule has 0 radical (unpaired) electrons. The van der Waals surface area contributed by atoms with Crippen molar-refractivity contribution in [3.63, 3.8) is 0 Å². The van der Waals surface area contributed by atoms with Gasteiger partial charge < -0.3 is 9.88 Å². The first kappa shape index (κ1) is 22.3. The van der Waals surface area contributed by atoms with Gasteiger partial charge in [0.1, 0.15) is 5.82 Å². The molecule has 0 saturated carbocycles. The molecule has 4 aromatic rings. The van der Waals surface area contributed by atoms with Crippen LogP contribution in [0.1, 0.15) is 11.5 Å². The van der Waals surface area contributed by atoms with Crippen molar-refractivity contribution in [3.8, 4) is 0 Å². The Hall–Kier alpha value is -2.88. The van der Waals surface area contributed by atoms with Gasteiger partial charge in [0.05, 0.1) is 34.0 Å². The number of aromatic nitrogens is 5. The molecule has 0 saturated heterocycles. The van der Waals surface area contributed by atoms with E-state index in [0.717, 1.165) is 11.1 Å². The molecule has 2 heterocycles. The summed E-state index contributed by atoms with van der Waals surface area (Å²) in [5.41, 5.74) is 1.07. The van der Waals surface area contributed by atoms with E-state index < -0.39 is 0 Å². The number of nitrogens with one attached hydrogen (secondary N) is 1. The molecule has 2 aromatic heterocycles. The Morgan fingerprint density at radius 3 is 2.59 bits per heavy atom. The number of nitrogens with zero attached hydrogens (tertiary/aromatic N) is 5. The molecule has 0 spiro atoms. The van der Waals surface area contributed by atoms with Gasteiger partial charge in [-0.15, -0.1) is 10.2 Å². The molecule has 8 nitrogen and oxygen atoms in total. The van der Waals surface area contributed by atoms with E-state index in [0.29, 0.717) is 38.5 Å². The third kappa shape index (κ3) is 4.64. The molecular formula is C21H18Cl2N6O2S. The predicted molar refractivity (Wildman–Crippen MR) is 127 cm³/mol. The summed E-state index contributed by atoms with van der Waals surface area (Å²) in [5, 5.41) is 18.5. The van der Waals surface area contributed by atoms with E-state index in [-0.39, 0.29) is 17.2 Å². The fourth-order valence-corrected chi connectivity index (χ4v) is 4.37. The Bertz CT molecular complexity index is 1380. The van der Waals surface area contributed by atoms with Gasteiger partial charge in [0, 0.05) is 24.5 Å². The van der Waals surface area contributed by atoms with Crippen molar-refractivity contribution in [1.29, 1.82) is 0 Å². The maximum absolute atomic E-state index is 12.3. The van der Waals surface area contributed by atoms with E-state index in [1.165, 1.54) is 16.4 Å². The molecule has 32 heavy (non-hydrogen) atoms. The normalized spacial score (nSPS) is 11.1. The van der Waals surface area contributed by atoms with Crippen LogP contribution in [0.5, 0.6) is 0 Å². The molecule has 0 bridgehead atoms. The number of amides is 1. The molecule has 164 valence electrons. The number of hydrogen-bond acceptors (Lipinski definition) is 6. The number of benzene rings is 2. The SMILES string of the molecule is Cn1c(Cc2nn(C)c(=O)c3ccccc23)nnc1SCC(=O)Nc1ccc(Cl)cc1Cl.